The molecule has 5 heteroatoms. The number of likely N-dealkylation sites (N-methyl/N-ethyl adjacent to an activating group) is 1. The fourth-order valence-corrected chi connectivity index (χ4v) is 2.48. The summed E-state index contributed by atoms with van der Waals surface area (Å²) in [6.07, 6.45) is 3.13. The van der Waals surface area contributed by atoms with E-state index >= 15 is 0 Å². The van der Waals surface area contributed by atoms with Crippen molar-refractivity contribution in [2.45, 2.75) is 25.3 Å². The van der Waals surface area contributed by atoms with Crippen molar-refractivity contribution < 1.29 is 8.78 Å². The normalized spacial score (nSPS) is 19.9. The van der Waals surface area contributed by atoms with Gasteiger partial charge in [-0.25, -0.2) is 8.78 Å². The van der Waals surface area contributed by atoms with E-state index in [1.807, 2.05) is 18.0 Å². The number of halogens is 2. The van der Waals surface area contributed by atoms with Crippen LogP contribution in [0.1, 0.15) is 24.8 Å². The first kappa shape index (κ1) is 13.8. The summed E-state index contributed by atoms with van der Waals surface area (Å²) < 4.78 is 26.6. The molecule has 19 heavy (non-hydrogen) atoms. The third kappa shape index (κ3) is 3.02. The molecule has 3 nitrogen and oxygen atoms in total. The van der Waals surface area contributed by atoms with E-state index in [2.05, 4.69) is 5.32 Å². The molecule has 0 saturated carbocycles. The molecule has 0 amide bonds. The summed E-state index contributed by atoms with van der Waals surface area (Å²) in [5, 5.41) is 12.3. The molecule has 1 aromatic carbocycles. The second kappa shape index (κ2) is 5.98. The predicted octanol–water partition coefficient (Wildman–Crippen LogP) is 2.41. The van der Waals surface area contributed by atoms with E-state index < -0.39 is 11.6 Å². The molecule has 0 aromatic heterocycles. The van der Waals surface area contributed by atoms with E-state index in [0.29, 0.717) is 18.3 Å². The third-order valence-corrected chi connectivity index (χ3v) is 3.58. The Kier molecular flexibility index (Phi) is 4.33. The van der Waals surface area contributed by atoms with Crippen LogP contribution in [-0.2, 0) is 0 Å². The van der Waals surface area contributed by atoms with Gasteiger partial charge in [0.1, 0.15) is 6.07 Å². The first-order chi connectivity index (χ1) is 9.15. The van der Waals surface area contributed by atoms with Gasteiger partial charge in [0.15, 0.2) is 11.6 Å². The van der Waals surface area contributed by atoms with Crippen LogP contribution in [0.15, 0.2) is 12.1 Å². The molecular weight excluding hydrogens is 248 g/mol. The number of benzene rings is 1. The highest BCUT2D eigenvalue weighted by Crippen LogP contribution is 2.26. The largest absolute Gasteiger partial charge is 0.369 e. The summed E-state index contributed by atoms with van der Waals surface area (Å²) in [7, 11) is 1.89. The van der Waals surface area contributed by atoms with E-state index in [1.54, 1.807) is 0 Å². The second-order valence-electron chi connectivity index (χ2n) is 4.82. The maximum Gasteiger partial charge on any atom is 0.160 e. The molecule has 1 unspecified atom stereocenters. The Labute approximate surface area is 111 Å². The minimum atomic E-state index is -0.972. The average Bonchev–Trinajstić information content (AvgIpc) is 2.66. The summed E-state index contributed by atoms with van der Waals surface area (Å²) in [5.41, 5.74) is 0.680. The summed E-state index contributed by atoms with van der Waals surface area (Å²) in [6, 6.07) is 4.36. The number of nitrogens with one attached hydrogen (secondary N) is 1. The van der Waals surface area contributed by atoms with Gasteiger partial charge in [0.2, 0.25) is 0 Å². The van der Waals surface area contributed by atoms with Crippen LogP contribution in [0.25, 0.3) is 0 Å². The van der Waals surface area contributed by atoms with Crippen LogP contribution in [0.5, 0.6) is 0 Å². The lowest BCUT2D eigenvalue weighted by atomic mass is 10.1. The lowest BCUT2D eigenvalue weighted by Gasteiger charge is -2.27. The Morgan fingerprint density at radius 1 is 1.32 bits per heavy atom. The number of rotatable bonds is 2. The highest BCUT2D eigenvalue weighted by Gasteiger charge is 2.21. The molecule has 1 N–H and O–H groups in total. The van der Waals surface area contributed by atoms with Crippen LogP contribution in [-0.4, -0.2) is 26.2 Å². The summed E-state index contributed by atoms with van der Waals surface area (Å²) in [4.78, 5) is 1.97. The molecule has 0 spiro atoms. The third-order valence-electron chi connectivity index (χ3n) is 3.58. The standard InChI is InChI=1S/C14H17F2N3/c1-18-11-4-2-3-5-19(9-11)14-7-13(16)12(15)6-10(14)8-17/h6-7,11,18H,2-5,9H2,1H3. The molecule has 1 saturated heterocycles. The monoisotopic (exact) mass is 265 g/mol. The maximum atomic E-state index is 13.4. The van der Waals surface area contributed by atoms with Crippen molar-refractivity contribution in [3.8, 4) is 6.07 Å². The van der Waals surface area contributed by atoms with E-state index in [9.17, 15) is 8.78 Å². The zero-order valence-electron chi connectivity index (χ0n) is 10.9. The number of nitrogens with zero attached hydrogens (tertiary/aromatic N) is 2. The molecule has 1 aromatic rings. The average molecular weight is 265 g/mol. The van der Waals surface area contributed by atoms with E-state index in [1.165, 1.54) is 0 Å². The van der Waals surface area contributed by atoms with Gasteiger partial charge < -0.3 is 10.2 Å². The Morgan fingerprint density at radius 2 is 2.05 bits per heavy atom. The van der Waals surface area contributed by atoms with Crippen LogP contribution in [0.2, 0.25) is 0 Å². The second-order valence-corrected chi connectivity index (χ2v) is 4.82. The minimum absolute atomic E-state index is 0.190. The summed E-state index contributed by atoms with van der Waals surface area (Å²) in [6.45, 7) is 1.47. The topological polar surface area (TPSA) is 39.1 Å². The lowest BCUT2D eigenvalue weighted by Crippen LogP contribution is -2.38. The number of nitriles is 1. The SMILES string of the molecule is CNC1CCCCN(c2cc(F)c(F)cc2C#N)C1. The van der Waals surface area contributed by atoms with Gasteiger partial charge in [-0.3, -0.25) is 0 Å². The Hall–Kier alpha value is -1.67. The van der Waals surface area contributed by atoms with Gasteiger partial charge in [0.25, 0.3) is 0 Å². The maximum absolute atomic E-state index is 13.4. The molecule has 1 atom stereocenters. The van der Waals surface area contributed by atoms with Gasteiger partial charge in [-0.1, -0.05) is 6.42 Å². The van der Waals surface area contributed by atoms with Crippen molar-refractivity contribution in [2.75, 3.05) is 25.0 Å². The highest BCUT2D eigenvalue weighted by atomic mass is 19.2. The van der Waals surface area contributed by atoms with E-state index in [-0.39, 0.29) is 5.56 Å². The molecule has 1 aliphatic rings. The zero-order chi connectivity index (χ0) is 13.8. The zero-order valence-corrected chi connectivity index (χ0v) is 10.9. The van der Waals surface area contributed by atoms with Crippen molar-refractivity contribution in [2.24, 2.45) is 0 Å². The van der Waals surface area contributed by atoms with E-state index in [4.69, 9.17) is 5.26 Å². The van der Waals surface area contributed by atoms with Crippen LogP contribution in [0.3, 0.4) is 0 Å². The van der Waals surface area contributed by atoms with Crippen LogP contribution >= 0.6 is 0 Å². The van der Waals surface area contributed by atoms with Crippen molar-refractivity contribution in [1.29, 1.82) is 5.26 Å². The van der Waals surface area contributed by atoms with Crippen LogP contribution in [0, 0.1) is 23.0 Å². The van der Waals surface area contributed by atoms with Gasteiger partial charge >= 0.3 is 0 Å². The highest BCUT2D eigenvalue weighted by molar-refractivity contribution is 5.60. The lowest BCUT2D eigenvalue weighted by molar-refractivity contribution is 0.506. The van der Waals surface area contributed by atoms with Crippen molar-refractivity contribution in [3.05, 3.63) is 29.3 Å². The van der Waals surface area contributed by atoms with Gasteiger partial charge in [0.05, 0.1) is 11.3 Å². The summed E-state index contributed by atoms with van der Waals surface area (Å²) in [5.74, 6) is -1.88. The molecule has 2 rings (SSSR count). The molecule has 102 valence electrons. The Morgan fingerprint density at radius 3 is 2.74 bits per heavy atom. The Balaban J connectivity index is 2.34. The molecular formula is C14H17F2N3. The quantitative estimate of drug-likeness (QED) is 0.892. The molecule has 0 aliphatic carbocycles. The van der Waals surface area contributed by atoms with Gasteiger partial charge in [-0.05, 0) is 26.0 Å². The molecule has 1 heterocycles. The first-order valence-electron chi connectivity index (χ1n) is 6.47. The van der Waals surface area contributed by atoms with Crippen LogP contribution in [0.4, 0.5) is 14.5 Å². The fourth-order valence-electron chi connectivity index (χ4n) is 2.48. The number of hydrogen-bond acceptors (Lipinski definition) is 3. The smallest absolute Gasteiger partial charge is 0.160 e. The first-order valence-corrected chi connectivity index (χ1v) is 6.47. The number of anilines is 1. The fraction of sp³-hybridized carbons (Fsp3) is 0.500. The summed E-state index contributed by atoms with van der Waals surface area (Å²) >= 11 is 0. The Bertz CT molecular complexity index is 496. The molecule has 0 radical (unpaired) electrons. The molecule has 1 aliphatic heterocycles. The molecule has 0 bridgehead atoms. The van der Waals surface area contributed by atoms with Gasteiger partial charge in [-0.2, -0.15) is 5.26 Å². The van der Waals surface area contributed by atoms with Crippen molar-refractivity contribution >= 4 is 5.69 Å². The van der Waals surface area contributed by atoms with Gasteiger partial charge in [-0.15, -0.1) is 0 Å². The van der Waals surface area contributed by atoms with Gasteiger partial charge in [0, 0.05) is 25.2 Å². The van der Waals surface area contributed by atoms with Crippen molar-refractivity contribution in [1.82, 2.24) is 5.32 Å². The van der Waals surface area contributed by atoms with Crippen LogP contribution < -0.4 is 10.2 Å². The molecule has 1 fully saturated rings. The minimum Gasteiger partial charge on any atom is -0.369 e. The predicted molar refractivity (Wildman–Crippen MR) is 70.0 cm³/mol. The number of hydrogen-bond donors (Lipinski definition) is 1. The van der Waals surface area contributed by atoms with Crippen molar-refractivity contribution in [3.63, 3.8) is 0 Å². The van der Waals surface area contributed by atoms with E-state index in [0.717, 1.165) is 37.9 Å².